The third-order valence-electron chi connectivity index (χ3n) is 2.39. The zero-order valence-electron chi connectivity index (χ0n) is 9.01. The van der Waals surface area contributed by atoms with Crippen LogP contribution in [-0.4, -0.2) is 16.1 Å². The van der Waals surface area contributed by atoms with Crippen LogP contribution in [0.4, 0.5) is 0 Å². The number of fused-ring (bicyclic) bond motifs is 1. The van der Waals surface area contributed by atoms with Crippen LogP contribution in [-0.2, 0) is 4.79 Å². The molecule has 0 saturated carbocycles. The van der Waals surface area contributed by atoms with Crippen LogP contribution in [0.25, 0.3) is 17.0 Å². The van der Waals surface area contributed by atoms with Gasteiger partial charge in [-0.15, -0.1) is 0 Å². The van der Waals surface area contributed by atoms with Crippen LogP contribution >= 0.6 is 0 Å². The number of pyridine rings is 1. The molecular formula is C13H11NO3. The van der Waals surface area contributed by atoms with Crippen molar-refractivity contribution in [1.82, 2.24) is 4.98 Å². The van der Waals surface area contributed by atoms with Gasteiger partial charge in [-0.1, -0.05) is 18.2 Å². The summed E-state index contributed by atoms with van der Waals surface area (Å²) in [5.74, 6) is -0.865. The first-order chi connectivity index (χ1) is 8.16. The van der Waals surface area contributed by atoms with Crippen molar-refractivity contribution in [1.29, 1.82) is 0 Å². The smallest absolute Gasteiger partial charge is 0.307 e. The predicted octanol–water partition coefficient (Wildman–Crippen LogP) is 2.02. The number of hydrogen-bond donors (Lipinski definition) is 2. The van der Waals surface area contributed by atoms with Crippen molar-refractivity contribution >= 4 is 22.9 Å². The molecule has 4 heteroatoms. The molecule has 0 aliphatic carbocycles. The van der Waals surface area contributed by atoms with Gasteiger partial charge < -0.3 is 10.1 Å². The van der Waals surface area contributed by atoms with E-state index in [2.05, 4.69) is 4.98 Å². The largest absolute Gasteiger partial charge is 0.481 e. The number of hydrogen-bond acceptors (Lipinski definition) is 2. The topological polar surface area (TPSA) is 70.2 Å². The number of aliphatic carboxylic acids is 1. The average molecular weight is 229 g/mol. The van der Waals surface area contributed by atoms with Crippen LogP contribution in [0.3, 0.4) is 0 Å². The summed E-state index contributed by atoms with van der Waals surface area (Å²) < 4.78 is 0. The molecule has 0 unspecified atom stereocenters. The van der Waals surface area contributed by atoms with Crippen molar-refractivity contribution in [2.24, 2.45) is 0 Å². The van der Waals surface area contributed by atoms with Crippen molar-refractivity contribution in [3.8, 4) is 0 Å². The summed E-state index contributed by atoms with van der Waals surface area (Å²) in [7, 11) is 0. The second-order valence-electron chi connectivity index (χ2n) is 3.65. The van der Waals surface area contributed by atoms with Crippen LogP contribution in [0.1, 0.15) is 12.0 Å². The van der Waals surface area contributed by atoms with Crippen molar-refractivity contribution in [3.05, 3.63) is 52.3 Å². The lowest BCUT2D eigenvalue weighted by atomic mass is 10.1. The third-order valence-corrected chi connectivity index (χ3v) is 2.39. The summed E-state index contributed by atoms with van der Waals surface area (Å²) in [6, 6.07) is 6.81. The van der Waals surface area contributed by atoms with E-state index in [9.17, 15) is 9.59 Å². The summed E-state index contributed by atoms with van der Waals surface area (Å²) in [5.41, 5.74) is 1.58. The quantitative estimate of drug-likeness (QED) is 0.845. The molecule has 0 aliphatic rings. The number of rotatable bonds is 3. The van der Waals surface area contributed by atoms with E-state index in [0.717, 1.165) is 11.1 Å². The van der Waals surface area contributed by atoms with Gasteiger partial charge >= 0.3 is 5.97 Å². The highest BCUT2D eigenvalue weighted by molar-refractivity contribution is 5.81. The van der Waals surface area contributed by atoms with Crippen LogP contribution in [0.2, 0.25) is 0 Å². The average Bonchev–Trinajstić information content (AvgIpc) is 2.29. The van der Waals surface area contributed by atoms with E-state index in [4.69, 9.17) is 5.11 Å². The fourth-order valence-electron chi connectivity index (χ4n) is 1.59. The van der Waals surface area contributed by atoms with Crippen molar-refractivity contribution < 1.29 is 9.90 Å². The molecule has 17 heavy (non-hydrogen) atoms. The van der Waals surface area contributed by atoms with Gasteiger partial charge in [-0.05, 0) is 17.7 Å². The fourth-order valence-corrected chi connectivity index (χ4v) is 1.59. The molecular weight excluding hydrogens is 218 g/mol. The first-order valence-electron chi connectivity index (χ1n) is 5.16. The predicted molar refractivity (Wildman–Crippen MR) is 65.9 cm³/mol. The summed E-state index contributed by atoms with van der Waals surface area (Å²) in [4.78, 5) is 24.8. The first kappa shape index (κ1) is 11.1. The number of carbonyl (C=O) groups is 1. The molecule has 2 rings (SSSR count). The number of benzene rings is 1. The van der Waals surface area contributed by atoms with Gasteiger partial charge in [-0.2, -0.15) is 0 Å². The second kappa shape index (κ2) is 4.65. The lowest BCUT2D eigenvalue weighted by molar-refractivity contribution is -0.135. The highest BCUT2D eigenvalue weighted by Gasteiger charge is 1.98. The van der Waals surface area contributed by atoms with Crippen LogP contribution in [0.5, 0.6) is 0 Å². The first-order valence-corrected chi connectivity index (χ1v) is 5.16. The van der Waals surface area contributed by atoms with E-state index >= 15 is 0 Å². The van der Waals surface area contributed by atoms with Gasteiger partial charge in [0.05, 0.1) is 6.42 Å². The maximum atomic E-state index is 11.5. The molecule has 0 spiro atoms. The van der Waals surface area contributed by atoms with Crippen molar-refractivity contribution in [2.45, 2.75) is 6.42 Å². The monoisotopic (exact) mass is 229 g/mol. The van der Waals surface area contributed by atoms with E-state index in [1.807, 2.05) is 6.07 Å². The Morgan fingerprint density at radius 3 is 2.94 bits per heavy atom. The van der Waals surface area contributed by atoms with Crippen molar-refractivity contribution in [2.75, 3.05) is 0 Å². The summed E-state index contributed by atoms with van der Waals surface area (Å²) in [5, 5.41) is 9.13. The second-order valence-corrected chi connectivity index (χ2v) is 3.65. The highest BCUT2D eigenvalue weighted by atomic mass is 16.4. The summed E-state index contributed by atoms with van der Waals surface area (Å²) in [6.45, 7) is 0. The standard InChI is InChI=1S/C13H11NO3/c15-12-6-7-14-11-8-9(4-5-10(11)12)2-1-3-13(16)17/h1-2,4-8H,3H2,(H,14,15)(H,16,17). The molecule has 2 N–H and O–H groups in total. The van der Waals surface area contributed by atoms with E-state index in [1.165, 1.54) is 6.07 Å². The minimum absolute atomic E-state index is 0.0106. The molecule has 0 radical (unpaired) electrons. The van der Waals surface area contributed by atoms with Crippen molar-refractivity contribution in [3.63, 3.8) is 0 Å². The Balaban J connectivity index is 2.35. The number of carboxylic acids is 1. The molecule has 0 fully saturated rings. The molecule has 4 nitrogen and oxygen atoms in total. The Labute approximate surface area is 97.2 Å². The molecule has 0 saturated heterocycles. The normalized spacial score (nSPS) is 11.1. The number of H-pyrrole nitrogens is 1. The van der Waals surface area contributed by atoms with Gasteiger partial charge in [0.1, 0.15) is 0 Å². The summed E-state index contributed by atoms with van der Waals surface area (Å²) in [6.07, 6.45) is 4.88. The highest BCUT2D eigenvalue weighted by Crippen LogP contribution is 2.11. The lowest BCUT2D eigenvalue weighted by Gasteiger charge is -1.98. The maximum absolute atomic E-state index is 11.5. The molecule has 0 amide bonds. The van der Waals surface area contributed by atoms with Gasteiger partial charge in [-0.25, -0.2) is 0 Å². The molecule has 0 bridgehead atoms. The van der Waals surface area contributed by atoms with Gasteiger partial charge in [0.25, 0.3) is 0 Å². The number of carboxylic acid groups (broad SMARTS) is 1. The maximum Gasteiger partial charge on any atom is 0.307 e. The minimum atomic E-state index is -0.865. The number of aromatic amines is 1. The van der Waals surface area contributed by atoms with Crippen LogP contribution in [0, 0.1) is 0 Å². The fraction of sp³-hybridized carbons (Fsp3) is 0.0769. The Morgan fingerprint density at radius 2 is 2.18 bits per heavy atom. The van der Waals surface area contributed by atoms with Gasteiger partial charge in [0.2, 0.25) is 0 Å². The molecule has 0 aliphatic heterocycles. The zero-order chi connectivity index (χ0) is 12.3. The number of nitrogens with one attached hydrogen (secondary N) is 1. The molecule has 2 aromatic rings. The van der Waals surface area contributed by atoms with Gasteiger partial charge in [-0.3, -0.25) is 9.59 Å². The van der Waals surface area contributed by atoms with E-state index in [1.54, 1.807) is 30.5 Å². The lowest BCUT2D eigenvalue weighted by Crippen LogP contribution is -1.99. The molecule has 0 atom stereocenters. The molecule has 1 aromatic carbocycles. The Hall–Kier alpha value is -2.36. The Morgan fingerprint density at radius 1 is 1.35 bits per heavy atom. The Kier molecular flexibility index (Phi) is 3.05. The zero-order valence-corrected chi connectivity index (χ0v) is 9.01. The van der Waals surface area contributed by atoms with Gasteiger partial charge in [0.15, 0.2) is 5.43 Å². The van der Waals surface area contributed by atoms with E-state index in [0.29, 0.717) is 5.39 Å². The Bertz CT molecular complexity index is 640. The number of aromatic nitrogens is 1. The van der Waals surface area contributed by atoms with Crippen LogP contribution in [0.15, 0.2) is 41.3 Å². The van der Waals surface area contributed by atoms with E-state index in [-0.39, 0.29) is 11.8 Å². The third kappa shape index (κ3) is 2.60. The van der Waals surface area contributed by atoms with Crippen LogP contribution < -0.4 is 5.43 Å². The molecule has 1 heterocycles. The van der Waals surface area contributed by atoms with Gasteiger partial charge in [0, 0.05) is 23.2 Å². The minimum Gasteiger partial charge on any atom is -0.481 e. The molecule has 1 aromatic heterocycles. The SMILES string of the molecule is O=C(O)CC=Cc1ccc2c(=O)cc[nH]c2c1. The summed E-state index contributed by atoms with van der Waals surface area (Å²) >= 11 is 0. The molecule has 86 valence electrons. The van der Waals surface area contributed by atoms with E-state index < -0.39 is 5.97 Å².